The van der Waals surface area contributed by atoms with E-state index in [0.29, 0.717) is 0 Å². The summed E-state index contributed by atoms with van der Waals surface area (Å²) in [5.41, 5.74) is 0. The Labute approximate surface area is 71.9 Å². The van der Waals surface area contributed by atoms with E-state index in [1.54, 1.807) is 0 Å². The molecule has 0 unspecified atom stereocenters. The molecule has 0 spiro atoms. The van der Waals surface area contributed by atoms with Gasteiger partial charge in [0.15, 0.2) is 0 Å². The summed E-state index contributed by atoms with van der Waals surface area (Å²) < 4.78 is 71.9. The Bertz CT molecular complexity index is 148. The number of alkyl halides is 6. The number of halogens is 6. The van der Waals surface area contributed by atoms with Crippen LogP contribution in [0.4, 0.5) is 26.3 Å². The van der Waals surface area contributed by atoms with Crippen molar-refractivity contribution in [2.75, 3.05) is 0 Å². The summed E-state index contributed by atoms with van der Waals surface area (Å²) in [6.07, 6.45) is -5.30. The minimum absolute atomic E-state index is 0.0787. The molecule has 0 fully saturated rings. The second-order valence-corrected chi connectivity index (χ2v) is 2.88. The van der Waals surface area contributed by atoms with Crippen molar-refractivity contribution in [1.29, 1.82) is 0 Å². The van der Waals surface area contributed by atoms with Gasteiger partial charge in [-0.15, -0.1) is 0 Å². The van der Waals surface area contributed by atoms with Gasteiger partial charge in [-0.2, -0.15) is 8.78 Å². The fourth-order valence-electron chi connectivity index (χ4n) is 0.698. The van der Waals surface area contributed by atoms with Gasteiger partial charge >= 0.3 is 11.8 Å². The van der Waals surface area contributed by atoms with Crippen LogP contribution in [0.3, 0.4) is 0 Å². The van der Waals surface area contributed by atoms with Gasteiger partial charge in [0.05, 0.1) is 0 Å². The van der Waals surface area contributed by atoms with Gasteiger partial charge in [0, 0.05) is 19.8 Å². The van der Waals surface area contributed by atoms with Crippen LogP contribution in [0.5, 0.6) is 0 Å². The molecule has 0 atom stereocenters. The zero-order chi connectivity index (χ0) is 10.7. The predicted octanol–water partition coefficient (Wildman–Crippen LogP) is 3.71. The van der Waals surface area contributed by atoms with E-state index in [9.17, 15) is 26.3 Å². The number of hydrogen-bond donors (Lipinski definition) is 0. The van der Waals surface area contributed by atoms with Gasteiger partial charge in [-0.05, 0) is 6.42 Å². The van der Waals surface area contributed by atoms with Gasteiger partial charge in [0.25, 0.3) is 0 Å². The Kier molecular flexibility index (Phi) is 4.06. The Hall–Kier alpha value is -0.420. The molecular formula is C7H10F6. The van der Waals surface area contributed by atoms with Gasteiger partial charge < -0.3 is 0 Å². The van der Waals surface area contributed by atoms with Crippen LogP contribution in [0.25, 0.3) is 0 Å². The summed E-state index contributed by atoms with van der Waals surface area (Å²) in [7, 11) is 0. The molecule has 0 saturated heterocycles. The molecule has 0 aliphatic carbocycles. The summed E-state index contributed by atoms with van der Waals surface area (Å²) in [5.74, 6) is -8.34. The minimum Gasteiger partial charge on any atom is -0.211 e. The van der Waals surface area contributed by atoms with Crippen LogP contribution in [-0.4, -0.2) is 18.3 Å². The van der Waals surface area contributed by atoms with Crippen molar-refractivity contribution in [1.82, 2.24) is 0 Å². The summed E-state index contributed by atoms with van der Waals surface area (Å²) in [6, 6.07) is 0. The largest absolute Gasteiger partial charge is 0.309 e. The first-order valence-corrected chi connectivity index (χ1v) is 3.70. The lowest BCUT2D eigenvalue weighted by atomic mass is 10.1. The van der Waals surface area contributed by atoms with Crippen molar-refractivity contribution in [3.05, 3.63) is 0 Å². The van der Waals surface area contributed by atoms with E-state index in [4.69, 9.17) is 0 Å². The third-order valence-electron chi connectivity index (χ3n) is 1.56. The lowest BCUT2D eigenvalue weighted by Crippen LogP contribution is -2.37. The molecular weight excluding hydrogens is 198 g/mol. The van der Waals surface area contributed by atoms with E-state index >= 15 is 0 Å². The van der Waals surface area contributed by atoms with Crippen molar-refractivity contribution >= 4 is 0 Å². The second-order valence-electron chi connectivity index (χ2n) is 2.88. The zero-order valence-electron chi connectivity index (χ0n) is 6.97. The third-order valence-corrected chi connectivity index (χ3v) is 1.56. The molecule has 0 N–H and O–H groups in total. The van der Waals surface area contributed by atoms with Gasteiger partial charge in [-0.3, -0.25) is 0 Å². The van der Waals surface area contributed by atoms with Gasteiger partial charge in [-0.1, -0.05) is 0 Å². The molecule has 0 saturated carbocycles. The van der Waals surface area contributed by atoms with Crippen molar-refractivity contribution in [3.63, 3.8) is 0 Å². The highest BCUT2D eigenvalue weighted by Gasteiger charge is 2.51. The second kappa shape index (κ2) is 4.19. The first-order chi connectivity index (χ1) is 5.67. The normalized spacial score (nSPS) is 13.8. The average Bonchev–Trinajstić information content (AvgIpc) is 1.82. The molecule has 0 bridgehead atoms. The Morgan fingerprint density at radius 2 is 1.54 bits per heavy atom. The number of hydrogen-bond acceptors (Lipinski definition) is 0. The molecule has 0 aromatic rings. The molecule has 0 radical (unpaired) electrons. The monoisotopic (exact) mass is 208 g/mol. The predicted molar refractivity (Wildman–Crippen MR) is 35.4 cm³/mol. The van der Waals surface area contributed by atoms with Crippen molar-refractivity contribution in [2.45, 2.75) is 44.5 Å². The maximum atomic E-state index is 12.4. The smallest absolute Gasteiger partial charge is 0.211 e. The SMILES string of the molecule is CC(F)(F)C(F)(F)CCCC(F)F. The van der Waals surface area contributed by atoms with Crippen LogP contribution in [0.1, 0.15) is 26.2 Å². The highest BCUT2D eigenvalue weighted by atomic mass is 19.3. The molecule has 0 heterocycles. The standard InChI is InChI=1S/C7H10F6/c1-6(10,11)7(12,13)4-2-3-5(8)9/h5H,2-4H2,1H3. The quantitative estimate of drug-likeness (QED) is 0.604. The summed E-state index contributed by atoms with van der Waals surface area (Å²) in [6.45, 7) is 0.0787. The summed E-state index contributed by atoms with van der Waals surface area (Å²) in [5, 5.41) is 0. The maximum Gasteiger partial charge on any atom is 0.309 e. The fourth-order valence-corrected chi connectivity index (χ4v) is 0.698. The molecule has 6 heteroatoms. The van der Waals surface area contributed by atoms with E-state index < -0.39 is 37.5 Å². The first-order valence-electron chi connectivity index (χ1n) is 3.70. The molecule has 0 amide bonds. The van der Waals surface area contributed by atoms with Crippen molar-refractivity contribution in [2.24, 2.45) is 0 Å². The van der Waals surface area contributed by atoms with Crippen molar-refractivity contribution in [3.8, 4) is 0 Å². The Morgan fingerprint density at radius 1 is 1.08 bits per heavy atom. The fraction of sp³-hybridized carbons (Fsp3) is 1.00. The molecule has 0 aliphatic rings. The molecule has 80 valence electrons. The van der Waals surface area contributed by atoms with Crippen LogP contribution >= 0.6 is 0 Å². The van der Waals surface area contributed by atoms with Gasteiger partial charge in [-0.25, -0.2) is 17.6 Å². The van der Waals surface area contributed by atoms with Crippen LogP contribution in [0, 0.1) is 0 Å². The third kappa shape index (κ3) is 4.38. The van der Waals surface area contributed by atoms with Crippen LogP contribution in [0.2, 0.25) is 0 Å². The molecule has 0 nitrogen and oxygen atoms in total. The van der Waals surface area contributed by atoms with Crippen molar-refractivity contribution < 1.29 is 26.3 Å². The van der Waals surface area contributed by atoms with E-state index in [1.807, 2.05) is 0 Å². The highest BCUT2D eigenvalue weighted by Crippen LogP contribution is 2.37. The van der Waals surface area contributed by atoms with Gasteiger partial charge in [0.1, 0.15) is 0 Å². The molecule has 0 aliphatic heterocycles. The lowest BCUT2D eigenvalue weighted by molar-refractivity contribution is -0.201. The number of rotatable bonds is 5. The average molecular weight is 208 g/mol. The summed E-state index contributed by atoms with van der Waals surface area (Å²) in [4.78, 5) is 0. The van der Waals surface area contributed by atoms with Crippen LogP contribution in [0.15, 0.2) is 0 Å². The van der Waals surface area contributed by atoms with E-state index in [1.165, 1.54) is 0 Å². The van der Waals surface area contributed by atoms with Crippen LogP contribution in [-0.2, 0) is 0 Å². The highest BCUT2D eigenvalue weighted by molar-refractivity contribution is 4.80. The topological polar surface area (TPSA) is 0 Å². The molecule has 0 aromatic heterocycles. The van der Waals surface area contributed by atoms with E-state index in [0.717, 1.165) is 0 Å². The zero-order valence-corrected chi connectivity index (χ0v) is 6.97. The molecule has 0 aromatic carbocycles. The van der Waals surface area contributed by atoms with Gasteiger partial charge in [0.2, 0.25) is 6.43 Å². The molecule has 13 heavy (non-hydrogen) atoms. The lowest BCUT2D eigenvalue weighted by Gasteiger charge is -2.22. The maximum absolute atomic E-state index is 12.4. The Balaban J connectivity index is 3.90. The first kappa shape index (κ1) is 12.6. The summed E-state index contributed by atoms with van der Waals surface area (Å²) >= 11 is 0. The molecule has 0 rings (SSSR count). The Morgan fingerprint density at radius 3 is 1.85 bits per heavy atom. The minimum atomic E-state index is -4.19. The van der Waals surface area contributed by atoms with E-state index in [-0.39, 0.29) is 6.92 Å². The van der Waals surface area contributed by atoms with E-state index in [2.05, 4.69) is 0 Å². The van der Waals surface area contributed by atoms with Crippen LogP contribution < -0.4 is 0 Å².